The fourth-order valence-corrected chi connectivity index (χ4v) is 2.09. The van der Waals surface area contributed by atoms with Crippen molar-refractivity contribution in [3.8, 4) is 0 Å². The maximum atomic E-state index is 12.3. The van der Waals surface area contributed by atoms with E-state index in [9.17, 15) is 4.79 Å². The van der Waals surface area contributed by atoms with E-state index in [1.165, 1.54) is 0 Å². The average molecular weight is 261 g/mol. The molecule has 1 aromatic carbocycles. The first-order valence-electron chi connectivity index (χ1n) is 6.33. The Labute approximate surface area is 112 Å². The third-order valence-corrected chi connectivity index (χ3v) is 3.16. The van der Waals surface area contributed by atoms with Gasteiger partial charge in [0.15, 0.2) is 0 Å². The summed E-state index contributed by atoms with van der Waals surface area (Å²) in [6, 6.07) is 7.41. The zero-order chi connectivity index (χ0) is 13.8. The number of hydrogen-bond acceptors (Lipinski definition) is 4. The predicted molar refractivity (Wildman–Crippen MR) is 75.3 cm³/mol. The molecule has 0 unspecified atom stereocenters. The molecule has 0 bridgehead atoms. The average Bonchev–Trinajstić information content (AvgIpc) is 2.43. The highest BCUT2D eigenvalue weighted by Gasteiger charge is 2.13. The number of aromatic nitrogens is 2. The van der Waals surface area contributed by atoms with Gasteiger partial charge in [0.1, 0.15) is 5.82 Å². The van der Waals surface area contributed by atoms with E-state index in [-0.39, 0.29) is 11.6 Å². The van der Waals surface area contributed by atoms with Gasteiger partial charge in [-0.3, -0.25) is 9.36 Å². The van der Waals surface area contributed by atoms with E-state index in [1.807, 2.05) is 25.1 Å². The molecular weight excluding hydrogens is 242 g/mol. The van der Waals surface area contributed by atoms with Crippen LogP contribution in [0, 0.1) is 0 Å². The van der Waals surface area contributed by atoms with Crippen molar-refractivity contribution in [3.05, 3.63) is 40.4 Å². The van der Waals surface area contributed by atoms with Gasteiger partial charge in [0, 0.05) is 20.7 Å². The molecule has 1 aromatic heterocycles. The van der Waals surface area contributed by atoms with Gasteiger partial charge in [0.05, 0.1) is 23.6 Å². The number of rotatable bonds is 5. The van der Waals surface area contributed by atoms with Gasteiger partial charge >= 0.3 is 0 Å². The summed E-state index contributed by atoms with van der Waals surface area (Å²) in [6.45, 7) is 3.35. The monoisotopic (exact) mass is 261 g/mol. The summed E-state index contributed by atoms with van der Waals surface area (Å²) in [7, 11) is 3.42. The fraction of sp³-hybridized carbons (Fsp3) is 0.429. The normalized spacial score (nSPS) is 12.8. The van der Waals surface area contributed by atoms with Crippen LogP contribution in [0.25, 0.3) is 10.9 Å². The largest absolute Gasteiger partial charge is 0.383 e. The Bertz CT molecular complexity index is 622. The maximum Gasteiger partial charge on any atom is 0.261 e. The molecule has 5 heteroatoms. The minimum absolute atomic E-state index is 0.00236. The topological polar surface area (TPSA) is 56.1 Å². The highest BCUT2D eigenvalue weighted by Crippen LogP contribution is 2.12. The van der Waals surface area contributed by atoms with Gasteiger partial charge < -0.3 is 10.1 Å². The van der Waals surface area contributed by atoms with Crippen LogP contribution < -0.4 is 10.9 Å². The first kappa shape index (κ1) is 13.7. The summed E-state index contributed by atoms with van der Waals surface area (Å²) in [5.41, 5.74) is 0.724. The van der Waals surface area contributed by atoms with Crippen molar-refractivity contribution >= 4 is 10.9 Å². The second-order valence-corrected chi connectivity index (χ2v) is 4.52. The minimum Gasteiger partial charge on any atom is -0.383 e. The van der Waals surface area contributed by atoms with Crippen LogP contribution in [0.15, 0.2) is 29.1 Å². The highest BCUT2D eigenvalue weighted by molar-refractivity contribution is 5.77. The van der Waals surface area contributed by atoms with Crippen LogP contribution in [0.3, 0.4) is 0 Å². The zero-order valence-electron chi connectivity index (χ0n) is 11.5. The Kier molecular flexibility index (Phi) is 4.29. The Morgan fingerprint density at radius 1 is 1.42 bits per heavy atom. The summed E-state index contributed by atoms with van der Waals surface area (Å²) in [5, 5.41) is 3.94. The molecule has 19 heavy (non-hydrogen) atoms. The van der Waals surface area contributed by atoms with Crippen molar-refractivity contribution < 1.29 is 4.74 Å². The van der Waals surface area contributed by atoms with Crippen molar-refractivity contribution in [1.29, 1.82) is 0 Å². The van der Waals surface area contributed by atoms with Crippen molar-refractivity contribution in [2.45, 2.75) is 13.0 Å². The second-order valence-electron chi connectivity index (χ2n) is 4.52. The molecule has 0 saturated carbocycles. The Morgan fingerprint density at radius 2 is 2.16 bits per heavy atom. The third-order valence-electron chi connectivity index (χ3n) is 3.16. The van der Waals surface area contributed by atoms with E-state index < -0.39 is 0 Å². The lowest BCUT2D eigenvalue weighted by Gasteiger charge is -2.16. The minimum atomic E-state index is -0.0130. The number of ether oxygens (including phenoxy) is 1. The lowest BCUT2D eigenvalue weighted by molar-refractivity contribution is 0.196. The van der Waals surface area contributed by atoms with Crippen LogP contribution in [0.4, 0.5) is 0 Å². The third kappa shape index (κ3) is 2.83. The number of nitrogens with zero attached hydrogens (tertiary/aromatic N) is 2. The number of benzene rings is 1. The Hall–Kier alpha value is -1.72. The highest BCUT2D eigenvalue weighted by atomic mass is 16.5. The molecule has 0 amide bonds. The molecular formula is C14H19N3O2. The molecule has 1 atom stereocenters. The van der Waals surface area contributed by atoms with Crippen molar-refractivity contribution in [2.75, 3.05) is 20.3 Å². The van der Waals surface area contributed by atoms with Gasteiger partial charge in [0.2, 0.25) is 0 Å². The fourth-order valence-electron chi connectivity index (χ4n) is 2.09. The van der Waals surface area contributed by atoms with E-state index in [0.29, 0.717) is 12.0 Å². The summed E-state index contributed by atoms with van der Waals surface area (Å²) < 4.78 is 6.60. The molecule has 0 saturated heterocycles. The molecule has 0 fully saturated rings. The van der Waals surface area contributed by atoms with E-state index in [4.69, 9.17) is 4.74 Å². The molecule has 0 aliphatic rings. The second kappa shape index (κ2) is 5.95. The Morgan fingerprint density at radius 3 is 2.89 bits per heavy atom. The van der Waals surface area contributed by atoms with Gasteiger partial charge in [0.25, 0.3) is 5.56 Å². The van der Waals surface area contributed by atoms with Crippen LogP contribution in [0.2, 0.25) is 0 Å². The molecule has 2 aromatic rings. The van der Waals surface area contributed by atoms with Gasteiger partial charge in [-0.1, -0.05) is 12.1 Å². The Balaban J connectivity index is 2.38. The number of hydrogen-bond donors (Lipinski definition) is 1. The molecule has 0 radical (unpaired) electrons. The van der Waals surface area contributed by atoms with Gasteiger partial charge in [-0.2, -0.15) is 0 Å². The first-order chi connectivity index (χ1) is 9.15. The summed E-state index contributed by atoms with van der Waals surface area (Å²) >= 11 is 0. The molecule has 1 heterocycles. The van der Waals surface area contributed by atoms with E-state index in [0.717, 1.165) is 17.9 Å². The van der Waals surface area contributed by atoms with Crippen LogP contribution in [0.5, 0.6) is 0 Å². The van der Waals surface area contributed by atoms with Crippen LogP contribution in [-0.2, 0) is 11.8 Å². The SMILES string of the molecule is COCCN[C@@H](C)c1nc2ccccc2c(=O)n1C. The lowest BCUT2D eigenvalue weighted by atomic mass is 10.2. The maximum absolute atomic E-state index is 12.3. The molecule has 0 aliphatic carbocycles. The van der Waals surface area contributed by atoms with Gasteiger partial charge in [-0.25, -0.2) is 4.98 Å². The first-order valence-corrected chi connectivity index (χ1v) is 6.33. The van der Waals surface area contributed by atoms with Crippen LogP contribution in [-0.4, -0.2) is 29.8 Å². The number of para-hydroxylation sites is 1. The van der Waals surface area contributed by atoms with E-state index in [2.05, 4.69) is 10.3 Å². The smallest absolute Gasteiger partial charge is 0.261 e. The van der Waals surface area contributed by atoms with Crippen LogP contribution >= 0.6 is 0 Å². The van der Waals surface area contributed by atoms with Crippen molar-refractivity contribution in [1.82, 2.24) is 14.9 Å². The molecule has 0 spiro atoms. The molecule has 102 valence electrons. The lowest BCUT2D eigenvalue weighted by Crippen LogP contribution is -2.30. The quantitative estimate of drug-likeness (QED) is 0.823. The van der Waals surface area contributed by atoms with Crippen molar-refractivity contribution in [2.24, 2.45) is 7.05 Å². The van der Waals surface area contributed by atoms with E-state index in [1.54, 1.807) is 24.8 Å². The molecule has 2 rings (SSSR count). The van der Waals surface area contributed by atoms with Crippen molar-refractivity contribution in [3.63, 3.8) is 0 Å². The summed E-state index contributed by atoms with van der Waals surface area (Å²) in [6.07, 6.45) is 0. The standard InChI is InChI=1S/C14H19N3O2/c1-10(15-8-9-19-3)13-16-12-7-5-4-6-11(12)14(18)17(13)2/h4-7,10,15H,8-9H2,1-3H3/t10-/m0/s1. The van der Waals surface area contributed by atoms with E-state index >= 15 is 0 Å². The van der Waals surface area contributed by atoms with Gasteiger partial charge in [-0.05, 0) is 19.1 Å². The summed E-state index contributed by atoms with van der Waals surface area (Å²) in [5.74, 6) is 0.736. The number of nitrogens with one attached hydrogen (secondary N) is 1. The molecule has 5 nitrogen and oxygen atoms in total. The zero-order valence-corrected chi connectivity index (χ0v) is 11.5. The molecule has 1 N–H and O–H groups in total. The number of methoxy groups -OCH3 is 1. The van der Waals surface area contributed by atoms with Crippen LogP contribution in [0.1, 0.15) is 18.8 Å². The summed E-state index contributed by atoms with van der Waals surface area (Å²) in [4.78, 5) is 16.8. The molecule has 0 aliphatic heterocycles. The predicted octanol–water partition coefficient (Wildman–Crippen LogP) is 1.23. The van der Waals surface area contributed by atoms with Gasteiger partial charge in [-0.15, -0.1) is 0 Å². The number of fused-ring (bicyclic) bond motifs is 1.